The van der Waals surface area contributed by atoms with E-state index in [1.54, 1.807) is 0 Å². The van der Waals surface area contributed by atoms with Crippen LogP contribution < -0.4 is 5.32 Å². The molecule has 0 bridgehead atoms. The van der Waals surface area contributed by atoms with E-state index in [0.29, 0.717) is 5.92 Å². The summed E-state index contributed by atoms with van der Waals surface area (Å²) in [4.78, 5) is 10.3. The highest BCUT2D eigenvalue weighted by Gasteiger charge is 2.40. The molecule has 2 N–H and O–H groups in total. The van der Waals surface area contributed by atoms with Gasteiger partial charge in [0.2, 0.25) is 0 Å². The lowest BCUT2D eigenvalue weighted by molar-refractivity contribution is 0.283. The molecular formula is C17H22N4S. The van der Waals surface area contributed by atoms with Crippen LogP contribution in [0.25, 0.3) is 0 Å². The zero-order valence-electron chi connectivity index (χ0n) is 13.2. The van der Waals surface area contributed by atoms with Gasteiger partial charge in [0.05, 0.1) is 17.8 Å². The van der Waals surface area contributed by atoms with Crippen LogP contribution in [0.3, 0.4) is 0 Å². The minimum atomic E-state index is 0.0745. The number of nitrogens with zero attached hydrogens (tertiary/aromatic N) is 2. The normalized spacial score (nSPS) is 21.5. The maximum Gasteiger partial charge on any atom is 0.170 e. The summed E-state index contributed by atoms with van der Waals surface area (Å²) in [5.41, 5.74) is 3.37. The third kappa shape index (κ3) is 2.86. The van der Waals surface area contributed by atoms with Crippen LogP contribution in [0.1, 0.15) is 43.0 Å². The molecule has 2 aromatic heterocycles. The Morgan fingerprint density at radius 1 is 1.27 bits per heavy atom. The van der Waals surface area contributed by atoms with E-state index in [2.05, 4.69) is 59.2 Å². The first kappa shape index (κ1) is 15.0. The number of nitrogens with one attached hydrogen (secondary N) is 2. The number of aromatic amines is 1. The third-order valence-electron chi connectivity index (χ3n) is 3.93. The second-order valence-corrected chi connectivity index (χ2v) is 6.66. The lowest BCUT2D eigenvalue weighted by atomic mass is 10.0. The van der Waals surface area contributed by atoms with Crippen molar-refractivity contribution in [1.82, 2.24) is 20.2 Å². The maximum atomic E-state index is 5.59. The van der Waals surface area contributed by atoms with Gasteiger partial charge in [-0.05, 0) is 49.3 Å². The molecular weight excluding hydrogens is 292 g/mol. The molecule has 0 saturated carbocycles. The van der Waals surface area contributed by atoms with Crippen molar-refractivity contribution in [2.24, 2.45) is 5.92 Å². The summed E-state index contributed by atoms with van der Waals surface area (Å²) in [6.07, 6.45) is 1.84. The van der Waals surface area contributed by atoms with Gasteiger partial charge in [0.15, 0.2) is 5.11 Å². The molecule has 1 aliphatic heterocycles. The van der Waals surface area contributed by atoms with E-state index < -0.39 is 0 Å². The van der Waals surface area contributed by atoms with E-state index in [9.17, 15) is 0 Å². The van der Waals surface area contributed by atoms with Crippen molar-refractivity contribution in [1.29, 1.82) is 0 Å². The average Bonchev–Trinajstić information content (AvgIpc) is 3.04. The summed E-state index contributed by atoms with van der Waals surface area (Å²) < 4.78 is 0. The van der Waals surface area contributed by atoms with Crippen LogP contribution in [0.2, 0.25) is 0 Å². The van der Waals surface area contributed by atoms with Gasteiger partial charge in [-0.3, -0.25) is 4.98 Å². The van der Waals surface area contributed by atoms with Gasteiger partial charge < -0.3 is 15.2 Å². The van der Waals surface area contributed by atoms with Gasteiger partial charge in [-0.2, -0.15) is 0 Å². The highest BCUT2D eigenvalue weighted by atomic mass is 32.1. The molecule has 0 unspecified atom stereocenters. The predicted octanol–water partition coefficient (Wildman–Crippen LogP) is 3.35. The van der Waals surface area contributed by atoms with Crippen LogP contribution in [0.15, 0.2) is 36.5 Å². The highest BCUT2D eigenvalue weighted by Crippen LogP contribution is 2.38. The Morgan fingerprint density at radius 3 is 2.68 bits per heavy atom. The molecule has 1 fully saturated rings. The maximum absolute atomic E-state index is 5.59. The molecule has 2 aromatic rings. The van der Waals surface area contributed by atoms with Gasteiger partial charge in [0, 0.05) is 24.1 Å². The number of aromatic nitrogens is 2. The number of rotatable bonds is 4. The minimum absolute atomic E-state index is 0.0745. The van der Waals surface area contributed by atoms with Crippen molar-refractivity contribution in [2.45, 2.75) is 32.9 Å². The molecule has 0 spiro atoms. The molecule has 4 nitrogen and oxygen atoms in total. The summed E-state index contributed by atoms with van der Waals surface area (Å²) in [6, 6.07) is 10.5. The Bertz CT molecular complexity index is 650. The summed E-state index contributed by atoms with van der Waals surface area (Å²) >= 11 is 5.59. The SMILES string of the molecule is Cc1ccc([C@H]2[C@H](c3ccccn3)NC(=S)N2CC(C)C)[nH]1. The minimum Gasteiger partial charge on any atom is -0.361 e. The van der Waals surface area contributed by atoms with Crippen LogP contribution in [-0.2, 0) is 0 Å². The quantitative estimate of drug-likeness (QED) is 0.850. The highest BCUT2D eigenvalue weighted by molar-refractivity contribution is 7.80. The lowest BCUT2D eigenvalue weighted by Crippen LogP contribution is -2.33. The molecule has 3 heterocycles. The van der Waals surface area contributed by atoms with Crippen LogP contribution in [0, 0.1) is 12.8 Å². The molecule has 1 aliphatic rings. The largest absolute Gasteiger partial charge is 0.361 e. The molecule has 2 atom stereocenters. The van der Waals surface area contributed by atoms with E-state index in [-0.39, 0.29) is 12.1 Å². The first-order chi connectivity index (χ1) is 10.6. The van der Waals surface area contributed by atoms with Crippen molar-refractivity contribution < 1.29 is 0 Å². The first-order valence-electron chi connectivity index (χ1n) is 7.70. The molecule has 116 valence electrons. The van der Waals surface area contributed by atoms with Gasteiger partial charge in [0.1, 0.15) is 0 Å². The monoisotopic (exact) mass is 314 g/mol. The van der Waals surface area contributed by atoms with Crippen molar-refractivity contribution >= 4 is 17.3 Å². The van der Waals surface area contributed by atoms with Crippen LogP contribution >= 0.6 is 12.2 Å². The van der Waals surface area contributed by atoms with Crippen LogP contribution in [0.5, 0.6) is 0 Å². The standard InChI is InChI=1S/C17H22N4S/c1-11(2)10-21-16(14-8-7-12(3)19-14)15(20-17(21)22)13-6-4-5-9-18-13/h4-9,11,15-16,19H,10H2,1-3H3,(H,20,22)/t15-,16-/m0/s1. The fraction of sp³-hybridized carbons (Fsp3) is 0.412. The van der Waals surface area contributed by atoms with Gasteiger partial charge in [0.25, 0.3) is 0 Å². The van der Waals surface area contributed by atoms with Crippen molar-refractivity contribution in [3.63, 3.8) is 0 Å². The second kappa shape index (κ2) is 6.08. The fourth-order valence-electron chi connectivity index (χ4n) is 3.03. The summed E-state index contributed by atoms with van der Waals surface area (Å²) in [5.74, 6) is 0.542. The Morgan fingerprint density at radius 2 is 2.09 bits per heavy atom. The number of aryl methyl sites for hydroxylation is 1. The molecule has 1 saturated heterocycles. The van der Waals surface area contributed by atoms with Gasteiger partial charge in [-0.1, -0.05) is 19.9 Å². The number of pyridine rings is 1. The number of thiocarbonyl (C=S) groups is 1. The average molecular weight is 314 g/mol. The Balaban J connectivity index is 2.00. The Labute approximate surface area is 136 Å². The summed E-state index contributed by atoms with van der Waals surface area (Å²) in [7, 11) is 0. The van der Waals surface area contributed by atoms with E-state index in [0.717, 1.165) is 23.0 Å². The van der Waals surface area contributed by atoms with Gasteiger partial charge in [-0.15, -0.1) is 0 Å². The molecule has 3 rings (SSSR count). The topological polar surface area (TPSA) is 44.0 Å². The molecule has 22 heavy (non-hydrogen) atoms. The van der Waals surface area contributed by atoms with Crippen molar-refractivity contribution in [3.8, 4) is 0 Å². The number of H-pyrrole nitrogens is 1. The number of hydrogen-bond acceptors (Lipinski definition) is 2. The zero-order valence-corrected chi connectivity index (χ0v) is 14.0. The molecule has 0 radical (unpaired) electrons. The van der Waals surface area contributed by atoms with Gasteiger partial charge in [-0.25, -0.2) is 0 Å². The van der Waals surface area contributed by atoms with Gasteiger partial charge >= 0.3 is 0 Å². The Hall–Kier alpha value is -1.88. The van der Waals surface area contributed by atoms with Crippen molar-refractivity contribution in [3.05, 3.63) is 53.6 Å². The summed E-state index contributed by atoms with van der Waals surface area (Å²) in [6.45, 7) is 7.44. The lowest BCUT2D eigenvalue weighted by Gasteiger charge is -2.28. The predicted molar refractivity (Wildman–Crippen MR) is 92.5 cm³/mol. The van der Waals surface area contributed by atoms with E-state index in [1.165, 1.54) is 5.69 Å². The van der Waals surface area contributed by atoms with E-state index >= 15 is 0 Å². The van der Waals surface area contributed by atoms with E-state index in [4.69, 9.17) is 12.2 Å². The zero-order chi connectivity index (χ0) is 15.7. The van der Waals surface area contributed by atoms with Crippen LogP contribution in [-0.4, -0.2) is 26.5 Å². The third-order valence-corrected chi connectivity index (χ3v) is 4.29. The molecule has 5 heteroatoms. The fourth-order valence-corrected chi connectivity index (χ4v) is 3.35. The Kier molecular flexibility index (Phi) is 4.16. The second-order valence-electron chi connectivity index (χ2n) is 6.27. The number of hydrogen-bond donors (Lipinski definition) is 2. The molecule has 0 amide bonds. The summed E-state index contributed by atoms with van der Waals surface area (Å²) in [5, 5.41) is 4.27. The molecule has 0 aliphatic carbocycles. The smallest absolute Gasteiger partial charge is 0.170 e. The first-order valence-corrected chi connectivity index (χ1v) is 8.10. The molecule has 0 aromatic carbocycles. The van der Waals surface area contributed by atoms with E-state index in [1.807, 2.05) is 18.3 Å². The van der Waals surface area contributed by atoms with Crippen LogP contribution in [0.4, 0.5) is 0 Å². The van der Waals surface area contributed by atoms with Crippen molar-refractivity contribution in [2.75, 3.05) is 6.54 Å².